The number of pyridine rings is 1. The summed E-state index contributed by atoms with van der Waals surface area (Å²) >= 11 is 0. The van der Waals surface area contributed by atoms with Gasteiger partial charge < -0.3 is 23.6 Å². The second-order valence-corrected chi connectivity index (χ2v) is 10.1. The molecule has 5 N–H and O–H groups in total. The van der Waals surface area contributed by atoms with Crippen LogP contribution in [0.3, 0.4) is 0 Å². The van der Waals surface area contributed by atoms with Crippen LogP contribution in [0.1, 0.15) is 12.8 Å². The number of benzene rings is 1. The van der Waals surface area contributed by atoms with Crippen molar-refractivity contribution in [3.63, 3.8) is 0 Å². The Labute approximate surface area is 198 Å². The molecule has 11 heteroatoms. The summed E-state index contributed by atoms with van der Waals surface area (Å²) in [4.78, 5) is 7.52. The number of hydrogen-bond acceptors (Lipinski definition) is 7. The number of rotatable bonds is 9. The molecule has 4 aromatic rings. The van der Waals surface area contributed by atoms with Crippen LogP contribution in [0.5, 0.6) is 17.2 Å². The summed E-state index contributed by atoms with van der Waals surface area (Å²) in [6.07, 6.45) is 2.91. The molecule has 3 heterocycles. The van der Waals surface area contributed by atoms with Gasteiger partial charge in [0.2, 0.25) is 10.9 Å². The number of nitrogens with one attached hydrogen (secondary N) is 1. The maximum absolute atomic E-state index is 7.88. The van der Waals surface area contributed by atoms with E-state index in [0.717, 1.165) is 11.3 Å². The predicted molar refractivity (Wildman–Crippen MR) is 130 cm³/mol. The van der Waals surface area contributed by atoms with Gasteiger partial charge in [-0.3, -0.25) is 9.11 Å². The van der Waals surface area contributed by atoms with Gasteiger partial charge in [-0.25, -0.2) is 4.98 Å². The van der Waals surface area contributed by atoms with Gasteiger partial charge in [0, 0.05) is 41.9 Å². The molecule has 3 aromatic heterocycles. The number of methoxy groups -OCH3 is 1. The van der Waals surface area contributed by atoms with Gasteiger partial charge in [0.15, 0.2) is 0 Å². The standard InChI is InChI=1S/C23H26N4O6S/c1-14(13-30-3)31-18-9-16(20-6-7-21(25-20)23-27-26-15(2)32-23)10-19(11-18)33-17-5-8-22(24-12-17)34(4,28)29/h5-12,14,25,28-29H,13H2,1-4H3/p+2/t14-/m0/s1. The summed E-state index contributed by atoms with van der Waals surface area (Å²) in [6.45, 7) is 4.10. The fraction of sp³-hybridized carbons (Fsp3) is 0.261. The number of aryl methyl sites for hydroxylation is 1. The zero-order chi connectivity index (χ0) is 24.3. The van der Waals surface area contributed by atoms with E-state index in [1.165, 1.54) is 6.20 Å². The van der Waals surface area contributed by atoms with Gasteiger partial charge in [0.1, 0.15) is 35.3 Å². The van der Waals surface area contributed by atoms with Crippen molar-refractivity contribution < 1.29 is 27.7 Å². The Hall–Kier alpha value is -3.38. The van der Waals surface area contributed by atoms with Crippen LogP contribution in [0.15, 0.2) is 58.1 Å². The van der Waals surface area contributed by atoms with E-state index in [1.807, 2.05) is 31.2 Å². The van der Waals surface area contributed by atoms with Gasteiger partial charge in [-0.15, -0.1) is 10.2 Å². The fourth-order valence-electron chi connectivity index (χ4n) is 3.25. The average molecular weight is 489 g/mol. The Morgan fingerprint density at radius 2 is 1.79 bits per heavy atom. The van der Waals surface area contributed by atoms with Crippen molar-refractivity contribution in [2.24, 2.45) is 0 Å². The minimum Gasteiger partial charge on any atom is -0.488 e. The number of aromatic amines is 1. The van der Waals surface area contributed by atoms with Crippen LogP contribution in [-0.2, 0) is 4.74 Å². The summed E-state index contributed by atoms with van der Waals surface area (Å²) in [5, 5.41) is 8.35. The predicted octanol–water partition coefficient (Wildman–Crippen LogP) is 3.71. The van der Waals surface area contributed by atoms with Gasteiger partial charge >= 0.3 is 0 Å². The molecule has 0 saturated carbocycles. The van der Waals surface area contributed by atoms with Crippen LogP contribution in [0.25, 0.3) is 22.8 Å². The molecular formula is C23H28N4O6S+2. The first kappa shape index (κ1) is 23.8. The summed E-state index contributed by atoms with van der Waals surface area (Å²) in [5.74, 6) is 2.55. The lowest BCUT2D eigenvalue weighted by Crippen LogP contribution is -2.17. The van der Waals surface area contributed by atoms with Crippen molar-refractivity contribution in [2.45, 2.75) is 25.0 Å². The van der Waals surface area contributed by atoms with E-state index in [1.54, 1.807) is 38.5 Å². The van der Waals surface area contributed by atoms with Gasteiger partial charge in [-0.1, -0.05) is 0 Å². The first-order chi connectivity index (χ1) is 16.2. The van der Waals surface area contributed by atoms with Crippen LogP contribution >= 0.6 is 10.6 Å². The minimum absolute atomic E-state index is 0.163. The third kappa shape index (κ3) is 5.75. The molecule has 0 amide bonds. The highest BCUT2D eigenvalue weighted by molar-refractivity contribution is 8.23. The first-order valence-corrected chi connectivity index (χ1v) is 12.5. The van der Waals surface area contributed by atoms with E-state index in [4.69, 9.17) is 27.7 Å². The van der Waals surface area contributed by atoms with Crippen LogP contribution in [0.2, 0.25) is 0 Å². The molecular weight excluding hydrogens is 460 g/mol. The van der Waals surface area contributed by atoms with Crippen LogP contribution in [-0.4, -0.2) is 55.3 Å². The summed E-state index contributed by atoms with van der Waals surface area (Å²) in [6, 6.07) is 12.7. The summed E-state index contributed by atoms with van der Waals surface area (Å²) in [7, 11) is -0.773. The molecule has 0 aliphatic rings. The Morgan fingerprint density at radius 1 is 1.03 bits per heavy atom. The zero-order valence-electron chi connectivity index (χ0n) is 19.3. The molecule has 0 saturated heterocycles. The van der Waals surface area contributed by atoms with Crippen molar-refractivity contribution in [1.29, 1.82) is 0 Å². The molecule has 0 radical (unpaired) electrons. The van der Waals surface area contributed by atoms with E-state index in [9.17, 15) is 0 Å². The fourth-order valence-corrected chi connectivity index (χ4v) is 3.86. The SMILES string of the molecule is COC[C@H](C)Oc1cc(Oc2ccc(S(C)([OH2+])[OH2+])nc2)cc(-c2ccc(-c3nnc(C)o3)[nH]2)c1. The second-order valence-electron chi connectivity index (χ2n) is 7.84. The van der Waals surface area contributed by atoms with Crippen molar-refractivity contribution in [3.05, 3.63) is 54.6 Å². The number of hydrogen-bond donors (Lipinski definition) is 1. The Kier molecular flexibility index (Phi) is 6.89. The van der Waals surface area contributed by atoms with Gasteiger partial charge in [0.05, 0.1) is 12.8 Å². The summed E-state index contributed by atoms with van der Waals surface area (Å²) in [5.41, 5.74) is 2.35. The maximum atomic E-state index is 7.88. The highest BCUT2D eigenvalue weighted by atomic mass is 32.3. The molecule has 4 rings (SSSR count). The lowest BCUT2D eigenvalue weighted by molar-refractivity contribution is 0.0920. The lowest BCUT2D eigenvalue weighted by atomic mass is 10.1. The van der Waals surface area contributed by atoms with Crippen LogP contribution in [0, 0.1) is 6.92 Å². The second kappa shape index (κ2) is 9.85. The molecule has 0 fully saturated rings. The monoisotopic (exact) mass is 488 g/mol. The van der Waals surface area contributed by atoms with Gasteiger partial charge in [-0.05, 0) is 43.3 Å². The molecule has 0 unspecified atom stereocenters. The van der Waals surface area contributed by atoms with Crippen molar-refractivity contribution >= 4 is 10.6 Å². The van der Waals surface area contributed by atoms with E-state index < -0.39 is 10.6 Å². The third-order valence-corrected chi connectivity index (χ3v) is 5.81. The molecule has 1 atom stereocenters. The zero-order valence-corrected chi connectivity index (χ0v) is 20.1. The lowest BCUT2D eigenvalue weighted by Gasteiger charge is -2.17. The highest BCUT2D eigenvalue weighted by Crippen LogP contribution is 2.43. The Morgan fingerprint density at radius 3 is 2.44 bits per heavy atom. The maximum Gasteiger partial charge on any atom is 0.264 e. The Bertz CT molecular complexity index is 1250. The number of ether oxygens (including phenoxy) is 3. The molecule has 0 bridgehead atoms. The highest BCUT2D eigenvalue weighted by Gasteiger charge is 2.18. The third-order valence-electron chi connectivity index (χ3n) is 4.74. The van der Waals surface area contributed by atoms with E-state index in [0.29, 0.717) is 46.4 Å². The molecule has 1 aromatic carbocycles. The van der Waals surface area contributed by atoms with Crippen molar-refractivity contribution in [3.8, 4) is 40.1 Å². The molecule has 0 aliphatic carbocycles. The summed E-state index contributed by atoms with van der Waals surface area (Å²) < 4.78 is 38.5. The number of H-pyrrole nitrogens is 1. The molecule has 10 nitrogen and oxygen atoms in total. The van der Waals surface area contributed by atoms with E-state index in [-0.39, 0.29) is 6.10 Å². The topological polar surface area (TPSA) is 141 Å². The molecule has 0 spiro atoms. The smallest absolute Gasteiger partial charge is 0.264 e. The quantitative estimate of drug-likeness (QED) is 0.354. The van der Waals surface area contributed by atoms with Crippen LogP contribution < -0.4 is 9.47 Å². The van der Waals surface area contributed by atoms with E-state index in [2.05, 4.69) is 20.2 Å². The van der Waals surface area contributed by atoms with Crippen LogP contribution in [0.4, 0.5) is 0 Å². The largest absolute Gasteiger partial charge is 0.488 e. The van der Waals surface area contributed by atoms with Crippen molar-refractivity contribution in [1.82, 2.24) is 20.2 Å². The average Bonchev–Trinajstić information content (AvgIpc) is 3.43. The Balaban J connectivity index is 1.65. The minimum atomic E-state index is -2.40. The molecule has 180 valence electrons. The normalized spacial score (nSPS) is 13.0. The molecule has 0 aliphatic heterocycles. The van der Waals surface area contributed by atoms with Crippen molar-refractivity contribution in [2.75, 3.05) is 20.0 Å². The molecule has 34 heavy (non-hydrogen) atoms. The van der Waals surface area contributed by atoms with E-state index >= 15 is 0 Å². The first-order valence-electron chi connectivity index (χ1n) is 10.4. The van der Waals surface area contributed by atoms with Gasteiger partial charge in [-0.2, -0.15) is 0 Å². The van der Waals surface area contributed by atoms with Gasteiger partial charge in [0.25, 0.3) is 5.89 Å². The number of nitrogens with zero attached hydrogens (tertiary/aromatic N) is 3. The number of aromatic nitrogens is 4.